The summed E-state index contributed by atoms with van der Waals surface area (Å²) in [5.74, 6) is -0.110. The molecule has 0 bridgehead atoms. The SMILES string of the molecule is C=CC(C)C1(CC(F)C(F)F)CCC[Si](C)(C)O1. The highest BCUT2D eigenvalue weighted by Crippen LogP contribution is 2.43. The molecule has 1 fully saturated rings. The van der Waals surface area contributed by atoms with Gasteiger partial charge < -0.3 is 4.43 Å². The van der Waals surface area contributed by atoms with Crippen molar-refractivity contribution in [1.82, 2.24) is 0 Å². The summed E-state index contributed by atoms with van der Waals surface area (Å²) >= 11 is 0. The van der Waals surface area contributed by atoms with Crippen molar-refractivity contribution in [3.63, 3.8) is 0 Å². The molecule has 18 heavy (non-hydrogen) atoms. The fraction of sp³-hybridized carbons (Fsp3) is 0.846. The highest BCUT2D eigenvalue weighted by Gasteiger charge is 2.47. The minimum Gasteiger partial charge on any atom is -0.411 e. The second-order valence-corrected chi connectivity index (χ2v) is 10.1. The number of hydrogen-bond donors (Lipinski definition) is 0. The Labute approximate surface area is 109 Å². The van der Waals surface area contributed by atoms with Crippen LogP contribution in [0.3, 0.4) is 0 Å². The van der Waals surface area contributed by atoms with Gasteiger partial charge in [0.25, 0.3) is 6.43 Å². The quantitative estimate of drug-likeness (QED) is 0.530. The zero-order valence-electron chi connectivity index (χ0n) is 11.4. The Morgan fingerprint density at radius 3 is 2.44 bits per heavy atom. The van der Waals surface area contributed by atoms with Crippen LogP contribution in [0, 0.1) is 5.92 Å². The van der Waals surface area contributed by atoms with Gasteiger partial charge in [0.2, 0.25) is 0 Å². The van der Waals surface area contributed by atoms with Crippen molar-refractivity contribution in [1.29, 1.82) is 0 Å². The van der Waals surface area contributed by atoms with E-state index in [1.165, 1.54) is 0 Å². The molecule has 1 saturated heterocycles. The van der Waals surface area contributed by atoms with Crippen molar-refractivity contribution in [3.05, 3.63) is 12.7 Å². The van der Waals surface area contributed by atoms with E-state index in [9.17, 15) is 13.2 Å². The molecule has 1 heterocycles. The van der Waals surface area contributed by atoms with E-state index in [0.29, 0.717) is 6.42 Å². The highest BCUT2D eigenvalue weighted by atomic mass is 28.4. The maximum Gasteiger partial charge on any atom is 0.269 e. The molecule has 1 aliphatic rings. The van der Waals surface area contributed by atoms with E-state index in [4.69, 9.17) is 4.43 Å². The van der Waals surface area contributed by atoms with Gasteiger partial charge in [0.05, 0.1) is 5.60 Å². The molecule has 0 aromatic heterocycles. The van der Waals surface area contributed by atoms with Gasteiger partial charge in [-0.1, -0.05) is 19.4 Å². The smallest absolute Gasteiger partial charge is 0.269 e. The van der Waals surface area contributed by atoms with Crippen LogP contribution in [-0.4, -0.2) is 26.5 Å². The van der Waals surface area contributed by atoms with Crippen LogP contribution in [0.2, 0.25) is 19.1 Å². The Kier molecular flexibility index (Phi) is 5.06. The van der Waals surface area contributed by atoms with Crippen LogP contribution in [0.1, 0.15) is 26.2 Å². The summed E-state index contributed by atoms with van der Waals surface area (Å²) < 4.78 is 44.5. The molecule has 0 aliphatic carbocycles. The first-order chi connectivity index (χ1) is 8.22. The molecule has 0 spiro atoms. The van der Waals surface area contributed by atoms with Crippen molar-refractivity contribution in [2.24, 2.45) is 5.92 Å². The largest absolute Gasteiger partial charge is 0.411 e. The van der Waals surface area contributed by atoms with Crippen molar-refractivity contribution >= 4 is 8.32 Å². The summed E-state index contributed by atoms with van der Waals surface area (Å²) in [4.78, 5) is 0. The molecule has 0 amide bonds. The molecule has 3 unspecified atom stereocenters. The average Bonchev–Trinajstić information content (AvgIpc) is 2.26. The summed E-state index contributed by atoms with van der Waals surface area (Å²) in [7, 11) is -1.87. The van der Waals surface area contributed by atoms with Gasteiger partial charge in [-0.15, -0.1) is 6.58 Å². The molecule has 0 aromatic carbocycles. The van der Waals surface area contributed by atoms with Crippen molar-refractivity contribution in [2.45, 2.75) is 63.5 Å². The van der Waals surface area contributed by atoms with E-state index < -0.39 is 26.5 Å². The Bertz CT molecular complexity index is 296. The third-order valence-corrected chi connectivity index (χ3v) is 6.37. The van der Waals surface area contributed by atoms with Crippen molar-refractivity contribution < 1.29 is 17.6 Å². The van der Waals surface area contributed by atoms with Crippen LogP contribution in [0.25, 0.3) is 0 Å². The van der Waals surface area contributed by atoms with E-state index >= 15 is 0 Å². The zero-order chi connectivity index (χ0) is 14.0. The molecule has 106 valence electrons. The van der Waals surface area contributed by atoms with Gasteiger partial charge in [-0.25, -0.2) is 13.2 Å². The highest BCUT2D eigenvalue weighted by molar-refractivity contribution is 6.71. The second kappa shape index (κ2) is 5.78. The summed E-state index contributed by atoms with van der Waals surface area (Å²) in [5.41, 5.74) is -0.786. The first-order valence-electron chi connectivity index (χ1n) is 6.47. The van der Waals surface area contributed by atoms with Crippen LogP contribution in [0.15, 0.2) is 12.7 Å². The van der Waals surface area contributed by atoms with E-state index in [-0.39, 0.29) is 12.3 Å². The molecule has 0 saturated carbocycles. The van der Waals surface area contributed by atoms with E-state index in [1.54, 1.807) is 6.08 Å². The van der Waals surface area contributed by atoms with E-state index in [1.807, 2.05) is 6.92 Å². The van der Waals surface area contributed by atoms with Gasteiger partial charge in [0.15, 0.2) is 14.5 Å². The standard InChI is InChI=1S/C13H23F3OSi/c1-5-10(2)13(9-11(14)12(15)16)7-6-8-18(3,4)17-13/h5,10-12H,1,6-9H2,2-4H3. The molecule has 1 rings (SSSR count). The third-order valence-electron chi connectivity index (χ3n) is 3.86. The maximum atomic E-state index is 13.5. The summed E-state index contributed by atoms with van der Waals surface area (Å²) in [5, 5.41) is 0. The van der Waals surface area contributed by atoms with Gasteiger partial charge >= 0.3 is 0 Å². The zero-order valence-corrected chi connectivity index (χ0v) is 12.4. The topological polar surface area (TPSA) is 9.23 Å². The fourth-order valence-electron chi connectivity index (χ4n) is 2.75. The van der Waals surface area contributed by atoms with E-state index in [0.717, 1.165) is 12.5 Å². The molecule has 1 aliphatic heterocycles. The van der Waals surface area contributed by atoms with Gasteiger partial charge in [0.1, 0.15) is 0 Å². The number of hydrogen-bond acceptors (Lipinski definition) is 1. The lowest BCUT2D eigenvalue weighted by Gasteiger charge is -2.48. The minimum absolute atomic E-state index is 0.110. The van der Waals surface area contributed by atoms with Gasteiger partial charge in [-0.3, -0.25) is 0 Å². The molecule has 3 atom stereocenters. The average molecular weight is 280 g/mol. The maximum absolute atomic E-state index is 13.5. The van der Waals surface area contributed by atoms with Crippen LogP contribution >= 0.6 is 0 Å². The van der Waals surface area contributed by atoms with Gasteiger partial charge in [-0.2, -0.15) is 0 Å². The Morgan fingerprint density at radius 1 is 1.39 bits per heavy atom. The number of halogens is 3. The first kappa shape index (κ1) is 15.8. The number of alkyl halides is 3. The summed E-state index contributed by atoms with van der Waals surface area (Å²) in [6.45, 7) is 9.71. The van der Waals surface area contributed by atoms with Crippen molar-refractivity contribution in [3.8, 4) is 0 Å². The molecular formula is C13H23F3OSi. The third kappa shape index (κ3) is 3.60. The molecular weight excluding hydrogens is 257 g/mol. The van der Waals surface area contributed by atoms with Gasteiger partial charge in [-0.05, 0) is 25.6 Å². The first-order valence-corrected chi connectivity index (χ1v) is 9.59. The Hall–Kier alpha value is -0.293. The van der Waals surface area contributed by atoms with Crippen LogP contribution in [0.4, 0.5) is 13.2 Å². The van der Waals surface area contributed by atoms with Gasteiger partial charge in [0, 0.05) is 12.3 Å². The normalized spacial score (nSPS) is 31.1. The van der Waals surface area contributed by atoms with Crippen molar-refractivity contribution in [2.75, 3.05) is 0 Å². The molecule has 5 heteroatoms. The predicted molar refractivity (Wildman–Crippen MR) is 70.2 cm³/mol. The lowest BCUT2D eigenvalue weighted by Crippen LogP contribution is -2.53. The van der Waals surface area contributed by atoms with E-state index in [2.05, 4.69) is 19.7 Å². The Balaban J connectivity index is 2.92. The molecule has 1 nitrogen and oxygen atoms in total. The summed E-state index contributed by atoms with van der Waals surface area (Å²) in [6.07, 6.45) is -2.02. The molecule has 0 radical (unpaired) electrons. The number of rotatable bonds is 5. The van der Waals surface area contributed by atoms with Crippen LogP contribution in [-0.2, 0) is 4.43 Å². The summed E-state index contributed by atoms with van der Waals surface area (Å²) in [6, 6.07) is 1.00. The monoisotopic (exact) mass is 280 g/mol. The lowest BCUT2D eigenvalue weighted by molar-refractivity contribution is -0.0558. The fourth-order valence-corrected chi connectivity index (χ4v) is 5.35. The molecule has 0 aromatic rings. The minimum atomic E-state index is -2.94. The lowest BCUT2D eigenvalue weighted by atomic mass is 9.80. The van der Waals surface area contributed by atoms with Crippen LogP contribution < -0.4 is 0 Å². The second-order valence-electron chi connectivity index (χ2n) is 5.86. The van der Waals surface area contributed by atoms with Crippen LogP contribution in [0.5, 0.6) is 0 Å². The Morgan fingerprint density at radius 2 is 2.00 bits per heavy atom. The molecule has 0 N–H and O–H groups in total. The predicted octanol–water partition coefficient (Wildman–Crippen LogP) is 4.56.